The van der Waals surface area contributed by atoms with Crippen LogP contribution >= 0.6 is 0 Å². The van der Waals surface area contributed by atoms with Crippen molar-refractivity contribution in [2.75, 3.05) is 26.2 Å². The van der Waals surface area contributed by atoms with Gasteiger partial charge in [-0.05, 0) is 25.3 Å². The first kappa shape index (κ1) is 20.5. The van der Waals surface area contributed by atoms with Gasteiger partial charge in [-0.3, -0.25) is 9.59 Å². The number of guanidine groups is 1. The van der Waals surface area contributed by atoms with Gasteiger partial charge in [0.25, 0.3) is 5.91 Å². The molecule has 0 spiro atoms. The molecule has 0 radical (unpaired) electrons. The number of allylic oxidation sites excluding steroid dienone is 3. The number of amides is 2. The van der Waals surface area contributed by atoms with E-state index in [9.17, 15) is 9.59 Å². The number of hydrogen-bond donors (Lipinski definition) is 0. The molecule has 2 amide bonds. The summed E-state index contributed by atoms with van der Waals surface area (Å²) in [5.41, 5.74) is 0.200. The fourth-order valence-corrected chi connectivity index (χ4v) is 5.73. The molecule has 1 aromatic rings. The summed E-state index contributed by atoms with van der Waals surface area (Å²) in [6, 6.07) is 0. The van der Waals surface area contributed by atoms with Crippen LogP contribution in [0.1, 0.15) is 51.7 Å². The quantitative estimate of drug-likeness (QED) is 0.686. The highest BCUT2D eigenvalue weighted by Gasteiger charge is 2.75. The first-order valence-corrected chi connectivity index (χ1v) is 11.6. The van der Waals surface area contributed by atoms with Crippen LogP contribution in [0, 0.1) is 11.3 Å². The molecule has 7 rings (SSSR count). The molecule has 172 valence electrons. The number of aromatic nitrogens is 2. The monoisotopic (exact) mass is 448 g/mol. The van der Waals surface area contributed by atoms with E-state index in [-0.39, 0.29) is 34.0 Å². The zero-order chi connectivity index (χ0) is 23.0. The molecule has 3 heterocycles. The molecule has 1 saturated heterocycles. The first-order valence-electron chi connectivity index (χ1n) is 11.6. The van der Waals surface area contributed by atoms with Crippen LogP contribution in [0.3, 0.4) is 0 Å². The molecule has 3 saturated carbocycles. The smallest absolute Gasteiger partial charge is 0.261 e. The predicted molar refractivity (Wildman–Crippen MR) is 121 cm³/mol. The van der Waals surface area contributed by atoms with Crippen LogP contribution in [0.15, 0.2) is 38.8 Å². The number of aliphatic imine (C=N–C) groups is 2. The molecule has 4 fully saturated rings. The van der Waals surface area contributed by atoms with Gasteiger partial charge in [-0.15, -0.1) is 0 Å². The van der Waals surface area contributed by atoms with Gasteiger partial charge >= 0.3 is 0 Å². The van der Waals surface area contributed by atoms with Crippen molar-refractivity contribution in [3.8, 4) is 0 Å². The van der Waals surface area contributed by atoms with Crippen molar-refractivity contribution in [2.45, 2.75) is 50.9 Å². The van der Waals surface area contributed by atoms with E-state index in [1.807, 2.05) is 34.1 Å². The Kier molecular flexibility index (Phi) is 4.17. The minimum Gasteiger partial charge on any atom is -0.339 e. The van der Waals surface area contributed by atoms with Crippen molar-refractivity contribution in [1.82, 2.24) is 19.9 Å². The highest BCUT2D eigenvalue weighted by Crippen LogP contribution is 2.73. The summed E-state index contributed by atoms with van der Waals surface area (Å²) < 4.78 is 5.58. The standard InChI is InChI=1S/C24H28N6O3/c1-22(2,3)18-27-19(33-28-18)23-12-24(13-23,14-23)20(32)29-8-10-30(11-9-29)21-25-16-7-5-4-6-15(16)17(31)26-21/h4-7,15H,8-14H2,1-3H3. The lowest BCUT2D eigenvalue weighted by molar-refractivity contribution is -0.193. The van der Waals surface area contributed by atoms with E-state index in [1.165, 1.54) is 0 Å². The largest absolute Gasteiger partial charge is 0.339 e. The third-order valence-corrected chi connectivity index (χ3v) is 7.59. The zero-order valence-corrected chi connectivity index (χ0v) is 19.2. The molecule has 33 heavy (non-hydrogen) atoms. The Morgan fingerprint density at radius 1 is 1.09 bits per heavy atom. The highest BCUT2D eigenvalue weighted by atomic mass is 16.5. The summed E-state index contributed by atoms with van der Waals surface area (Å²) in [6.45, 7) is 8.67. The van der Waals surface area contributed by atoms with Gasteiger partial charge in [0.05, 0.1) is 16.5 Å². The number of fused-ring (bicyclic) bond motifs is 1. The average molecular weight is 449 g/mol. The fraction of sp³-hybridized carbons (Fsp3) is 0.583. The first-order chi connectivity index (χ1) is 15.7. The number of piperazine rings is 1. The second-order valence-corrected chi connectivity index (χ2v) is 11.1. The maximum absolute atomic E-state index is 13.3. The number of hydrogen-bond acceptors (Lipinski definition) is 7. The zero-order valence-electron chi connectivity index (χ0n) is 19.2. The average Bonchev–Trinajstić information content (AvgIpc) is 3.22. The summed E-state index contributed by atoms with van der Waals surface area (Å²) >= 11 is 0. The molecule has 2 aliphatic heterocycles. The predicted octanol–water partition coefficient (Wildman–Crippen LogP) is 2.01. The van der Waals surface area contributed by atoms with Crippen LogP contribution in [0.4, 0.5) is 0 Å². The highest BCUT2D eigenvalue weighted by molar-refractivity contribution is 6.21. The number of rotatable bonds is 2. The third kappa shape index (κ3) is 3.04. The van der Waals surface area contributed by atoms with E-state index in [0.29, 0.717) is 38.0 Å². The molecule has 0 aromatic carbocycles. The van der Waals surface area contributed by atoms with Crippen LogP contribution in [0.25, 0.3) is 0 Å². The Morgan fingerprint density at radius 2 is 1.82 bits per heavy atom. The Labute approximate surface area is 192 Å². The van der Waals surface area contributed by atoms with E-state index in [0.717, 1.165) is 30.8 Å². The summed E-state index contributed by atoms with van der Waals surface area (Å²) in [6.07, 6.45) is 9.81. The van der Waals surface area contributed by atoms with Gasteiger partial charge in [0.2, 0.25) is 17.8 Å². The van der Waals surface area contributed by atoms with Gasteiger partial charge in [0.1, 0.15) is 5.92 Å². The number of carbonyl (C=O) groups is 2. The van der Waals surface area contributed by atoms with Gasteiger partial charge in [0.15, 0.2) is 5.82 Å². The SMILES string of the molecule is CC(C)(C)c1noc(C23CC(C(=O)N4CCN(C5=NC(=O)C6C=CC=CC6=N5)CC4)(C2)C3)n1. The molecule has 1 atom stereocenters. The maximum atomic E-state index is 13.3. The Hall–Kier alpha value is -3.10. The topological polar surface area (TPSA) is 104 Å². The van der Waals surface area contributed by atoms with E-state index >= 15 is 0 Å². The van der Waals surface area contributed by atoms with Crippen molar-refractivity contribution >= 4 is 23.5 Å². The van der Waals surface area contributed by atoms with Crippen molar-refractivity contribution in [3.05, 3.63) is 36.0 Å². The van der Waals surface area contributed by atoms with Crippen LogP contribution in [-0.4, -0.2) is 69.6 Å². The van der Waals surface area contributed by atoms with E-state index in [1.54, 1.807) is 0 Å². The number of nitrogens with zero attached hydrogens (tertiary/aromatic N) is 6. The molecule has 4 aliphatic carbocycles. The van der Waals surface area contributed by atoms with E-state index in [4.69, 9.17) is 4.52 Å². The summed E-state index contributed by atoms with van der Waals surface area (Å²) in [5, 5.41) is 4.16. The third-order valence-electron chi connectivity index (χ3n) is 7.59. The summed E-state index contributed by atoms with van der Waals surface area (Å²) in [7, 11) is 0. The summed E-state index contributed by atoms with van der Waals surface area (Å²) in [4.78, 5) is 43.1. The molecule has 1 unspecified atom stereocenters. The minimum absolute atomic E-state index is 0.111. The molecule has 0 N–H and O–H groups in total. The number of carbonyl (C=O) groups excluding carboxylic acids is 2. The van der Waals surface area contributed by atoms with Crippen LogP contribution < -0.4 is 0 Å². The lowest BCUT2D eigenvalue weighted by Crippen LogP contribution is -2.71. The van der Waals surface area contributed by atoms with Gasteiger partial charge < -0.3 is 14.3 Å². The molecular formula is C24H28N6O3. The molecule has 9 nitrogen and oxygen atoms in total. The molecular weight excluding hydrogens is 420 g/mol. The van der Waals surface area contributed by atoms with E-state index < -0.39 is 0 Å². The molecule has 2 bridgehead atoms. The molecule has 9 heteroatoms. The van der Waals surface area contributed by atoms with Gasteiger partial charge in [0, 0.05) is 31.6 Å². The second kappa shape index (κ2) is 6.71. The Morgan fingerprint density at radius 3 is 2.48 bits per heavy atom. The van der Waals surface area contributed by atoms with Crippen molar-refractivity contribution in [1.29, 1.82) is 0 Å². The van der Waals surface area contributed by atoms with Gasteiger partial charge in [-0.2, -0.15) is 9.98 Å². The van der Waals surface area contributed by atoms with Crippen molar-refractivity contribution in [2.24, 2.45) is 21.3 Å². The fourth-order valence-electron chi connectivity index (χ4n) is 5.73. The van der Waals surface area contributed by atoms with Crippen LogP contribution in [0.5, 0.6) is 0 Å². The minimum atomic E-state index is -0.364. The van der Waals surface area contributed by atoms with Gasteiger partial charge in [-0.25, -0.2) is 4.99 Å². The van der Waals surface area contributed by atoms with Gasteiger partial charge in [-0.1, -0.05) is 44.2 Å². The van der Waals surface area contributed by atoms with E-state index in [2.05, 4.69) is 40.9 Å². The lowest BCUT2D eigenvalue weighted by atomic mass is 9.34. The van der Waals surface area contributed by atoms with Crippen molar-refractivity contribution in [3.63, 3.8) is 0 Å². The second-order valence-electron chi connectivity index (χ2n) is 11.1. The Bertz CT molecular complexity index is 1140. The van der Waals surface area contributed by atoms with Crippen LogP contribution in [-0.2, 0) is 20.4 Å². The summed E-state index contributed by atoms with van der Waals surface area (Å²) in [5.74, 6) is 1.57. The maximum Gasteiger partial charge on any atom is 0.261 e. The van der Waals surface area contributed by atoms with Crippen LogP contribution in [0.2, 0.25) is 0 Å². The lowest BCUT2D eigenvalue weighted by Gasteiger charge is -2.68. The normalized spacial score (nSPS) is 32.6. The Balaban J connectivity index is 1.07. The molecule has 6 aliphatic rings. The molecule has 1 aromatic heterocycles. The van der Waals surface area contributed by atoms with Crippen molar-refractivity contribution < 1.29 is 14.1 Å².